The van der Waals surface area contributed by atoms with E-state index in [-0.39, 0.29) is 23.7 Å². The zero-order chi connectivity index (χ0) is 20.5. The molecule has 2 aliphatic heterocycles. The molecule has 1 amide bonds. The Balaban J connectivity index is 1.40. The summed E-state index contributed by atoms with van der Waals surface area (Å²) < 4.78 is 13.4. The third-order valence-corrected chi connectivity index (χ3v) is 7.10. The molecule has 0 bridgehead atoms. The van der Waals surface area contributed by atoms with E-state index in [4.69, 9.17) is 0 Å². The van der Waals surface area contributed by atoms with Crippen molar-refractivity contribution < 1.29 is 9.18 Å². The van der Waals surface area contributed by atoms with Crippen LogP contribution in [0.1, 0.15) is 37.7 Å². The normalized spacial score (nSPS) is 24.2. The first kappa shape index (κ1) is 19.4. The fourth-order valence-electron chi connectivity index (χ4n) is 5.50. The van der Waals surface area contributed by atoms with Gasteiger partial charge in [-0.05, 0) is 55.2 Å². The zero-order valence-electron chi connectivity index (χ0n) is 17.4. The van der Waals surface area contributed by atoms with Crippen LogP contribution in [0.2, 0.25) is 0 Å². The minimum Gasteiger partial charge on any atom is -0.368 e. The second-order valence-electron chi connectivity index (χ2n) is 8.97. The third-order valence-electron chi connectivity index (χ3n) is 7.10. The average molecular weight is 408 g/mol. The molecule has 1 N–H and O–H groups in total. The Morgan fingerprint density at radius 3 is 2.53 bits per heavy atom. The van der Waals surface area contributed by atoms with Crippen LogP contribution in [0.5, 0.6) is 0 Å². The molecule has 5 heteroatoms. The van der Waals surface area contributed by atoms with Crippen molar-refractivity contribution in [2.75, 3.05) is 29.4 Å². The van der Waals surface area contributed by atoms with E-state index < -0.39 is 0 Å². The topological polar surface area (TPSA) is 35.6 Å². The lowest BCUT2D eigenvalue weighted by molar-refractivity contribution is -0.126. The molecule has 0 spiro atoms. The molecule has 0 aromatic heterocycles. The minimum atomic E-state index is -0.214. The summed E-state index contributed by atoms with van der Waals surface area (Å²) in [5.41, 5.74) is 3.57. The summed E-state index contributed by atoms with van der Waals surface area (Å²) >= 11 is 0. The van der Waals surface area contributed by atoms with Gasteiger partial charge in [-0.15, -0.1) is 0 Å². The number of amides is 1. The summed E-state index contributed by atoms with van der Waals surface area (Å²) in [5, 5.41) is 3.38. The van der Waals surface area contributed by atoms with E-state index in [1.165, 1.54) is 42.6 Å². The number of carbonyl (C=O) groups excluding carboxylic acids is 1. The number of halogens is 1. The van der Waals surface area contributed by atoms with Gasteiger partial charge in [0.25, 0.3) is 0 Å². The first-order valence-electron chi connectivity index (χ1n) is 11.3. The number of piperazine rings is 1. The van der Waals surface area contributed by atoms with Crippen LogP contribution >= 0.6 is 0 Å². The number of anilines is 2. The van der Waals surface area contributed by atoms with E-state index in [1.807, 2.05) is 12.1 Å². The molecule has 30 heavy (non-hydrogen) atoms. The lowest BCUT2D eigenvalue weighted by atomic mass is 9.82. The van der Waals surface area contributed by atoms with Gasteiger partial charge in [0.05, 0.1) is 12.0 Å². The maximum Gasteiger partial charge on any atom is 0.225 e. The van der Waals surface area contributed by atoms with E-state index in [2.05, 4.69) is 39.4 Å². The van der Waals surface area contributed by atoms with Crippen molar-refractivity contribution in [3.8, 4) is 0 Å². The first-order valence-corrected chi connectivity index (χ1v) is 11.3. The summed E-state index contributed by atoms with van der Waals surface area (Å²) in [6, 6.07) is 15.7. The van der Waals surface area contributed by atoms with Crippen molar-refractivity contribution in [1.82, 2.24) is 5.32 Å². The highest BCUT2D eigenvalue weighted by atomic mass is 19.1. The minimum absolute atomic E-state index is 0.0647. The quantitative estimate of drug-likeness (QED) is 0.831. The van der Waals surface area contributed by atoms with Gasteiger partial charge in [-0.25, -0.2) is 4.39 Å². The van der Waals surface area contributed by atoms with Crippen molar-refractivity contribution in [3.05, 3.63) is 59.9 Å². The van der Waals surface area contributed by atoms with E-state index in [1.54, 1.807) is 0 Å². The van der Waals surface area contributed by atoms with Crippen LogP contribution < -0.4 is 15.1 Å². The molecule has 4 nitrogen and oxygen atoms in total. The van der Waals surface area contributed by atoms with Gasteiger partial charge in [-0.2, -0.15) is 0 Å². The third kappa shape index (κ3) is 3.78. The molecule has 1 saturated carbocycles. The van der Waals surface area contributed by atoms with Crippen molar-refractivity contribution in [3.63, 3.8) is 0 Å². The number of nitrogens with one attached hydrogen (secondary N) is 1. The highest BCUT2D eigenvalue weighted by molar-refractivity contribution is 5.82. The zero-order valence-corrected chi connectivity index (χ0v) is 17.4. The first-order chi connectivity index (χ1) is 14.7. The molecule has 158 valence electrons. The number of para-hydroxylation sites is 1. The molecule has 2 heterocycles. The average Bonchev–Trinajstić information content (AvgIpc) is 2.79. The molecule has 3 aliphatic rings. The predicted molar refractivity (Wildman–Crippen MR) is 118 cm³/mol. The van der Waals surface area contributed by atoms with Gasteiger partial charge >= 0.3 is 0 Å². The summed E-state index contributed by atoms with van der Waals surface area (Å²) in [5.74, 6) is -0.0776. The molecular weight excluding hydrogens is 377 g/mol. The molecule has 2 aromatic rings. The lowest BCUT2D eigenvalue weighted by Crippen LogP contribution is -2.61. The fraction of sp³-hybridized carbons (Fsp3) is 0.480. The van der Waals surface area contributed by atoms with E-state index in [9.17, 15) is 9.18 Å². The number of rotatable bonds is 3. The Hall–Kier alpha value is -2.56. The van der Waals surface area contributed by atoms with Crippen LogP contribution in [-0.2, 0) is 11.2 Å². The van der Waals surface area contributed by atoms with Crippen LogP contribution in [0, 0.1) is 11.7 Å². The molecule has 5 rings (SSSR count). The number of hydrogen-bond donors (Lipinski definition) is 1. The molecule has 1 aliphatic carbocycles. The molecule has 0 radical (unpaired) electrons. The standard InChI is InChI=1S/C25H30FN3O/c26-19-10-12-21(13-11-19)28-14-15-29-23-9-5-4-6-18(23)16-22(24(29)17-28)25(30)27-20-7-2-1-3-8-20/h4-6,9-13,20,22,24H,1-3,7-8,14-17H2,(H,27,30). The Morgan fingerprint density at radius 1 is 0.967 bits per heavy atom. The SMILES string of the molecule is O=C(NC1CCCCC1)C1Cc2ccccc2N2CCN(c3ccc(F)cc3)CC12. The summed E-state index contributed by atoms with van der Waals surface area (Å²) in [4.78, 5) is 18.1. The number of benzene rings is 2. The Kier molecular flexibility index (Phi) is 5.36. The van der Waals surface area contributed by atoms with Gasteiger partial charge < -0.3 is 15.1 Å². The highest BCUT2D eigenvalue weighted by Crippen LogP contribution is 2.37. The number of carbonyl (C=O) groups is 1. The molecule has 2 fully saturated rings. The van der Waals surface area contributed by atoms with Crippen LogP contribution in [0.4, 0.5) is 15.8 Å². The number of hydrogen-bond acceptors (Lipinski definition) is 3. The van der Waals surface area contributed by atoms with Crippen molar-refractivity contribution in [2.24, 2.45) is 5.92 Å². The summed E-state index contributed by atoms with van der Waals surface area (Å²) in [6.45, 7) is 2.52. The van der Waals surface area contributed by atoms with Crippen LogP contribution in [-0.4, -0.2) is 37.6 Å². The second-order valence-corrected chi connectivity index (χ2v) is 8.97. The van der Waals surface area contributed by atoms with Crippen LogP contribution in [0.25, 0.3) is 0 Å². The molecule has 1 saturated heterocycles. The number of fused-ring (bicyclic) bond motifs is 3. The van der Waals surface area contributed by atoms with Gasteiger partial charge in [0.1, 0.15) is 5.82 Å². The van der Waals surface area contributed by atoms with E-state index in [0.717, 1.165) is 44.6 Å². The van der Waals surface area contributed by atoms with Crippen molar-refractivity contribution in [2.45, 2.75) is 50.6 Å². The summed E-state index contributed by atoms with van der Waals surface area (Å²) in [6.07, 6.45) is 6.70. The van der Waals surface area contributed by atoms with Gasteiger partial charge in [-0.3, -0.25) is 4.79 Å². The smallest absolute Gasteiger partial charge is 0.225 e. The van der Waals surface area contributed by atoms with E-state index >= 15 is 0 Å². The molecule has 2 atom stereocenters. The lowest BCUT2D eigenvalue weighted by Gasteiger charge is -2.50. The van der Waals surface area contributed by atoms with Crippen molar-refractivity contribution in [1.29, 1.82) is 0 Å². The molecule has 2 unspecified atom stereocenters. The van der Waals surface area contributed by atoms with Gasteiger partial charge in [0.2, 0.25) is 5.91 Å². The Labute approximate surface area is 178 Å². The van der Waals surface area contributed by atoms with Crippen LogP contribution in [0.3, 0.4) is 0 Å². The summed E-state index contributed by atoms with van der Waals surface area (Å²) in [7, 11) is 0. The molecule has 2 aromatic carbocycles. The van der Waals surface area contributed by atoms with Gasteiger partial charge in [0, 0.05) is 37.1 Å². The Bertz CT molecular complexity index is 894. The second kappa shape index (κ2) is 8.29. The maximum absolute atomic E-state index is 13.4. The largest absolute Gasteiger partial charge is 0.368 e. The monoisotopic (exact) mass is 407 g/mol. The van der Waals surface area contributed by atoms with Crippen molar-refractivity contribution >= 4 is 17.3 Å². The molecular formula is C25H30FN3O. The van der Waals surface area contributed by atoms with Gasteiger partial charge in [-0.1, -0.05) is 37.5 Å². The number of nitrogens with zero attached hydrogens (tertiary/aromatic N) is 2. The highest BCUT2D eigenvalue weighted by Gasteiger charge is 2.41. The Morgan fingerprint density at radius 2 is 1.73 bits per heavy atom. The van der Waals surface area contributed by atoms with Gasteiger partial charge in [0.15, 0.2) is 0 Å². The maximum atomic E-state index is 13.4. The van der Waals surface area contributed by atoms with Crippen LogP contribution in [0.15, 0.2) is 48.5 Å². The van der Waals surface area contributed by atoms with E-state index in [0.29, 0.717) is 6.04 Å². The predicted octanol–water partition coefficient (Wildman–Crippen LogP) is 4.14. The fourth-order valence-corrected chi connectivity index (χ4v) is 5.50.